The molecule has 0 spiro atoms. The van der Waals surface area contributed by atoms with E-state index in [0.717, 1.165) is 6.42 Å². The molecule has 0 radical (unpaired) electrons. The van der Waals surface area contributed by atoms with Gasteiger partial charge in [-0.15, -0.1) is 6.08 Å². The van der Waals surface area contributed by atoms with Crippen LogP contribution in [0, 0.1) is 6.92 Å². The van der Waals surface area contributed by atoms with Crippen LogP contribution in [0.15, 0.2) is 11.6 Å². The average Bonchev–Trinajstić information content (AvgIpc) is 1.35. The quantitative estimate of drug-likeness (QED) is 0.504. The van der Waals surface area contributed by atoms with E-state index in [1.54, 1.807) is 0 Å². The Bertz CT molecular complexity index is 51.2. The summed E-state index contributed by atoms with van der Waals surface area (Å²) < 4.78 is 0. The first kappa shape index (κ1) is 10.4. The number of rotatable bonds is 1. The van der Waals surface area contributed by atoms with Crippen molar-refractivity contribution in [2.75, 3.05) is 0 Å². The number of hydrogen-bond acceptors (Lipinski definition) is 0. The summed E-state index contributed by atoms with van der Waals surface area (Å²) >= 11 is 0. The molecule has 0 saturated carbocycles. The van der Waals surface area contributed by atoms with Crippen molar-refractivity contribution in [2.24, 2.45) is 0 Å². The molecular formula is C6H11W-. The maximum atomic E-state index is 3.65. The SMILES string of the molecule is [CH2-]CC=C(C)C.[W]. The molecule has 0 aromatic heterocycles. The average molecular weight is 267 g/mol. The zero-order valence-corrected chi connectivity index (χ0v) is 7.83. The van der Waals surface area contributed by atoms with E-state index in [2.05, 4.69) is 26.8 Å². The van der Waals surface area contributed by atoms with E-state index in [1.165, 1.54) is 5.57 Å². The summed E-state index contributed by atoms with van der Waals surface area (Å²) in [5, 5.41) is 0. The topological polar surface area (TPSA) is 0 Å². The predicted octanol–water partition coefficient (Wildman–Crippen LogP) is 2.17. The van der Waals surface area contributed by atoms with Gasteiger partial charge in [-0.2, -0.15) is 6.42 Å². The van der Waals surface area contributed by atoms with E-state index in [9.17, 15) is 0 Å². The molecule has 0 saturated heterocycles. The van der Waals surface area contributed by atoms with Gasteiger partial charge in [0.2, 0.25) is 0 Å². The van der Waals surface area contributed by atoms with Crippen molar-refractivity contribution in [2.45, 2.75) is 20.3 Å². The molecular weight excluding hydrogens is 256 g/mol. The molecule has 0 bridgehead atoms. The smallest absolute Gasteiger partial charge is 0 e. The van der Waals surface area contributed by atoms with Gasteiger partial charge in [0.1, 0.15) is 0 Å². The predicted molar refractivity (Wildman–Crippen MR) is 29.4 cm³/mol. The van der Waals surface area contributed by atoms with Gasteiger partial charge >= 0.3 is 0 Å². The Morgan fingerprint density at radius 2 is 2.00 bits per heavy atom. The molecule has 0 N–H and O–H groups in total. The fourth-order valence-corrected chi connectivity index (χ4v) is 0.289. The van der Waals surface area contributed by atoms with Crippen molar-refractivity contribution in [3.63, 3.8) is 0 Å². The van der Waals surface area contributed by atoms with Gasteiger partial charge in [-0.1, -0.05) is 5.57 Å². The van der Waals surface area contributed by atoms with Crippen LogP contribution in [0.1, 0.15) is 20.3 Å². The van der Waals surface area contributed by atoms with Crippen LogP contribution in [0.2, 0.25) is 0 Å². The van der Waals surface area contributed by atoms with Crippen LogP contribution < -0.4 is 0 Å². The molecule has 0 aliphatic heterocycles. The standard InChI is InChI=1S/C6H11.W/c1-4-5-6(2)3;/h5H,1,4H2,2-3H3;/q-1;. The fraction of sp³-hybridized carbons (Fsp3) is 0.500. The Kier molecular flexibility index (Phi) is 9.57. The molecule has 0 aromatic rings. The van der Waals surface area contributed by atoms with Gasteiger partial charge in [-0.25, -0.2) is 0 Å². The number of hydrogen-bond donors (Lipinski definition) is 0. The van der Waals surface area contributed by atoms with Gasteiger partial charge in [0.25, 0.3) is 0 Å². The molecule has 0 amide bonds. The molecule has 0 aliphatic carbocycles. The summed E-state index contributed by atoms with van der Waals surface area (Å²) in [7, 11) is 0. The van der Waals surface area contributed by atoms with Crippen LogP contribution in [-0.4, -0.2) is 0 Å². The van der Waals surface area contributed by atoms with E-state index in [4.69, 9.17) is 0 Å². The minimum absolute atomic E-state index is 0. The summed E-state index contributed by atoms with van der Waals surface area (Å²) in [4.78, 5) is 0. The molecule has 0 rings (SSSR count). The Labute approximate surface area is 60.3 Å². The summed E-state index contributed by atoms with van der Waals surface area (Å²) in [5.41, 5.74) is 1.35. The van der Waals surface area contributed by atoms with Gasteiger partial charge in [0.05, 0.1) is 0 Å². The van der Waals surface area contributed by atoms with Crippen molar-refractivity contribution < 1.29 is 21.1 Å². The minimum Gasteiger partial charge on any atom is -0.340 e. The van der Waals surface area contributed by atoms with E-state index in [1.807, 2.05) is 0 Å². The first-order valence-electron chi connectivity index (χ1n) is 2.20. The van der Waals surface area contributed by atoms with Crippen molar-refractivity contribution in [1.82, 2.24) is 0 Å². The Morgan fingerprint density at radius 1 is 1.57 bits per heavy atom. The van der Waals surface area contributed by atoms with Crippen molar-refractivity contribution in [3.05, 3.63) is 18.6 Å². The molecule has 1 heteroatoms. The van der Waals surface area contributed by atoms with Gasteiger partial charge < -0.3 is 6.92 Å². The summed E-state index contributed by atoms with van der Waals surface area (Å²) in [6.45, 7) is 7.80. The first-order valence-corrected chi connectivity index (χ1v) is 2.20. The van der Waals surface area contributed by atoms with Crippen LogP contribution in [0.4, 0.5) is 0 Å². The Balaban J connectivity index is 0. The molecule has 0 aromatic carbocycles. The summed E-state index contributed by atoms with van der Waals surface area (Å²) in [6.07, 6.45) is 3.02. The maximum Gasteiger partial charge on any atom is 0 e. The van der Waals surface area contributed by atoms with Crippen molar-refractivity contribution in [1.29, 1.82) is 0 Å². The monoisotopic (exact) mass is 267 g/mol. The second kappa shape index (κ2) is 6.43. The van der Waals surface area contributed by atoms with E-state index >= 15 is 0 Å². The third kappa shape index (κ3) is 10.7. The number of allylic oxidation sites excluding steroid dienone is 2. The molecule has 0 fully saturated rings. The van der Waals surface area contributed by atoms with Gasteiger partial charge in [0.15, 0.2) is 0 Å². The van der Waals surface area contributed by atoms with Crippen LogP contribution >= 0.6 is 0 Å². The maximum absolute atomic E-state index is 3.65. The second-order valence-electron chi connectivity index (χ2n) is 1.57. The van der Waals surface area contributed by atoms with Gasteiger partial charge in [-0.3, -0.25) is 0 Å². The Hall–Kier alpha value is 0.428. The summed E-state index contributed by atoms with van der Waals surface area (Å²) in [5.74, 6) is 0. The van der Waals surface area contributed by atoms with Crippen molar-refractivity contribution in [3.8, 4) is 0 Å². The largest absolute Gasteiger partial charge is 0.340 e. The van der Waals surface area contributed by atoms with Crippen molar-refractivity contribution >= 4 is 0 Å². The molecule has 7 heavy (non-hydrogen) atoms. The van der Waals surface area contributed by atoms with Crippen LogP contribution in [0.5, 0.6) is 0 Å². The zero-order valence-electron chi connectivity index (χ0n) is 4.90. The molecule has 0 atom stereocenters. The molecule has 0 aliphatic rings. The van der Waals surface area contributed by atoms with Crippen LogP contribution in [0.25, 0.3) is 0 Å². The van der Waals surface area contributed by atoms with E-state index < -0.39 is 0 Å². The van der Waals surface area contributed by atoms with E-state index in [0.29, 0.717) is 0 Å². The molecule has 42 valence electrons. The molecule has 0 unspecified atom stereocenters. The normalized spacial score (nSPS) is 6.71. The first-order chi connectivity index (χ1) is 2.77. The summed E-state index contributed by atoms with van der Waals surface area (Å²) in [6, 6.07) is 0. The fourth-order valence-electron chi connectivity index (χ4n) is 0.289. The third-order valence-corrected chi connectivity index (χ3v) is 0.553. The minimum atomic E-state index is 0. The van der Waals surface area contributed by atoms with Gasteiger partial charge in [-0.05, 0) is 13.8 Å². The molecule has 0 nitrogen and oxygen atoms in total. The second-order valence-corrected chi connectivity index (χ2v) is 1.57. The zero-order chi connectivity index (χ0) is 4.99. The van der Waals surface area contributed by atoms with Crippen LogP contribution in [-0.2, 0) is 21.1 Å². The Morgan fingerprint density at radius 3 is 2.00 bits per heavy atom. The molecule has 0 heterocycles. The van der Waals surface area contributed by atoms with Crippen LogP contribution in [0.3, 0.4) is 0 Å². The third-order valence-electron chi connectivity index (χ3n) is 0.553. The van der Waals surface area contributed by atoms with E-state index in [-0.39, 0.29) is 21.1 Å². The van der Waals surface area contributed by atoms with Gasteiger partial charge in [0, 0.05) is 21.1 Å².